The highest BCUT2D eigenvalue weighted by Crippen LogP contribution is 2.28. The van der Waals surface area contributed by atoms with E-state index in [9.17, 15) is 4.79 Å². The zero-order chi connectivity index (χ0) is 15.2. The van der Waals surface area contributed by atoms with Crippen molar-refractivity contribution in [2.75, 3.05) is 23.7 Å². The van der Waals surface area contributed by atoms with Gasteiger partial charge in [0.2, 0.25) is 0 Å². The number of hydrogen-bond acceptors (Lipinski definition) is 4. The van der Waals surface area contributed by atoms with Crippen molar-refractivity contribution in [2.45, 2.75) is 19.0 Å². The van der Waals surface area contributed by atoms with Crippen molar-refractivity contribution < 1.29 is 4.79 Å². The summed E-state index contributed by atoms with van der Waals surface area (Å²) < 4.78 is 0. The van der Waals surface area contributed by atoms with Gasteiger partial charge in [0.15, 0.2) is 0 Å². The maximum absolute atomic E-state index is 10.8. The van der Waals surface area contributed by atoms with Gasteiger partial charge in [0, 0.05) is 12.2 Å². The van der Waals surface area contributed by atoms with Gasteiger partial charge < -0.3 is 15.4 Å². The SMILES string of the molecule is O=CCN1CCCC1Nc1ccccc1Nc1ccccc1. The van der Waals surface area contributed by atoms with E-state index < -0.39 is 0 Å². The minimum atomic E-state index is 0.226. The Labute approximate surface area is 131 Å². The molecule has 4 nitrogen and oxygen atoms in total. The maximum Gasteiger partial charge on any atom is 0.134 e. The third-order valence-corrected chi connectivity index (χ3v) is 3.97. The highest BCUT2D eigenvalue weighted by atomic mass is 16.1. The first kappa shape index (κ1) is 14.6. The summed E-state index contributed by atoms with van der Waals surface area (Å²) in [5, 5.41) is 7.01. The molecule has 1 unspecified atom stereocenters. The van der Waals surface area contributed by atoms with Crippen LogP contribution in [0.3, 0.4) is 0 Å². The van der Waals surface area contributed by atoms with Crippen LogP contribution in [0.2, 0.25) is 0 Å². The second-order valence-corrected chi connectivity index (χ2v) is 5.50. The molecule has 0 amide bonds. The van der Waals surface area contributed by atoms with Gasteiger partial charge in [0.05, 0.1) is 24.1 Å². The number of carbonyl (C=O) groups excluding carboxylic acids is 1. The van der Waals surface area contributed by atoms with Gasteiger partial charge in [0.1, 0.15) is 6.29 Å². The van der Waals surface area contributed by atoms with Crippen molar-refractivity contribution in [1.29, 1.82) is 0 Å². The molecule has 0 radical (unpaired) electrons. The van der Waals surface area contributed by atoms with E-state index in [4.69, 9.17) is 0 Å². The van der Waals surface area contributed by atoms with Crippen molar-refractivity contribution in [3.63, 3.8) is 0 Å². The highest BCUT2D eigenvalue weighted by molar-refractivity contribution is 5.74. The first-order valence-corrected chi connectivity index (χ1v) is 7.72. The molecule has 1 fully saturated rings. The molecule has 22 heavy (non-hydrogen) atoms. The number of nitrogens with zero attached hydrogens (tertiary/aromatic N) is 1. The number of nitrogens with one attached hydrogen (secondary N) is 2. The fraction of sp³-hybridized carbons (Fsp3) is 0.278. The Bertz CT molecular complexity index is 615. The average Bonchev–Trinajstić information content (AvgIpc) is 2.98. The van der Waals surface area contributed by atoms with Crippen LogP contribution >= 0.6 is 0 Å². The van der Waals surface area contributed by atoms with Gasteiger partial charge in [-0.3, -0.25) is 4.90 Å². The molecule has 4 heteroatoms. The molecule has 1 saturated heterocycles. The summed E-state index contributed by atoms with van der Waals surface area (Å²) in [5.74, 6) is 0. The van der Waals surface area contributed by atoms with Gasteiger partial charge >= 0.3 is 0 Å². The molecule has 114 valence electrons. The van der Waals surface area contributed by atoms with Crippen LogP contribution in [0.4, 0.5) is 17.1 Å². The molecule has 1 aliphatic heterocycles. The van der Waals surface area contributed by atoms with Crippen molar-refractivity contribution in [1.82, 2.24) is 4.90 Å². The Kier molecular flexibility index (Phi) is 4.71. The zero-order valence-electron chi connectivity index (χ0n) is 12.5. The van der Waals surface area contributed by atoms with Gasteiger partial charge in [-0.15, -0.1) is 0 Å². The number of rotatable bonds is 6. The standard InChI is InChI=1S/C18H21N3O/c22-14-13-21-12-6-11-18(21)20-17-10-5-4-9-16(17)19-15-7-2-1-3-8-15/h1-5,7-10,14,18-20H,6,11-13H2. The predicted molar refractivity (Wildman–Crippen MR) is 90.4 cm³/mol. The molecular formula is C18H21N3O. The van der Waals surface area contributed by atoms with E-state index in [-0.39, 0.29) is 6.17 Å². The minimum Gasteiger partial charge on any atom is -0.368 e. The van der Waals surface area contributed by atoms with E-state index in [0.717, 1.165) is 42.7 Å². The van der Waals surface area contributed by atoms with Gasteiger partial charge in [0.25, 0.3) is 0 Å². The van der Waals surface area contributed by atoms with Gasteiger partial charge in [-0.1, -0.05) is 30.3 Å². The van der Waals surface area contributed by atoms with Crippen molar-refractivity contribution >= 4 is 23.3 Å². The van der Waals surface area contributed by atoms with Crippen LogP contribution < -0.4 is 10.6 Å². The quantitative estimate of drug-likeness (QED) is 0.801. The maximum atomic E-state index is 10.8. The lowest BCUT2D eigenvalue weighted by Gasteiger charge is -2.25. The Balaban J connectivity index is 1.75. The molecule has 0 saturated carbocycles. The van der Waals surface area contributed by atoms with E-state index in [0.29, 0.717) is 6.54 Å². The summed E-state index contributed by atoms with van der Waals surface area (Å²) >= 11 is 0. The first-order chi connectivity index (χ1) is 10.9. The fourth-order valence-electron chi connectivity index (χ4n) is 2.88. The molecule has 0 aromatic heterocycles. The molecule has 1 heterocycles. The second-order valence-electron chi connectivity index (χ2n) is 5.50. The Morgan fingerprint density at radius 3 is 2.55 bits per heavy atom. The molecule has 2 aromatic rings. The monoisotopic (exact) mass is 295 g/mol. The molecule has 0 bridgehead atoms. The van der Waals surface area contributed by atoms with Crippen LogP contribution in [0.25, 0.3) is 0 Å². The van der Waals surface area contributed by atoms with Crippen LogP contribution in [0.1, 0.15) is 12.8 Å². The molecule has 2 aromatic carbocycles. The zero-order valence-corrected chi connectivity index (χ0v) is 12.5. The van der Waals surface area contributed by atoms with Gasteiger partial charge in [-0.25, -0.2) is 0 Å². The summed E-state index contributed by atoms with van der Waals surface area (Å²) in [6.07, 6.45) is 3.39. The highest BCUT2D eigenvalue weighted by Gasteiger charge is 2.24. The van der Waals surface area contributed by atoms with Gasteiger partial charge in [-0.05, 0) is 37.1 Å². The number of para-hydroxylation sites is 3. The Morgan fingerprint density at radius 2 is 1.77 bits per heavy atom. The number of carbonyl (C=O) groups is 1. The van der Waals surface area contributed by atoms with Crippen molar-refractivity contribution in [3.05, 3.63) is 54.6 Å². The molecule has 0 aliphatic carbocycles. The summed E-state index contributed by atoms with van der Waals surface area (Å²) in [6, 6.07) is 18.3. The van der Waals surface area contributed by atoms with Crippen LogP contribution in [-0.4, -0.2) is 30.4 Å². The predicted octanol–water partition coefficient (Wildman–Crippen LogP) is 3.46. The fourth-order valence-corrected chi connectivity index (χ4v) is 2.88. The van der Waals surface area contributed by atoms with Crippen LogP contribution in [-0.2, 0) is 4.79 Å². The van der Waals surface area contributed by atoms with E-state index >= 15 is 0 Å². The van der Waals surface area contributed by atoms with E-state index in [1.165, 1.54) is 0 Å². The second kappa shape index (κ2) is 7.09. The summed E-state index contributed by atoms with van der Waals surface area (Å²) in [5.41, 5.74) is 3.17. The normalized spacial score (nSPS) is 18.1. The number of benzene rings is 2. The van der Waals surface area contributed by atoms with E-state index in [2.05, 4.69) is 27.7 Å². The largest absolute Gasteiger partial charge is 0.368 e. The summed E-state index contributed by atoms with van der Waals surface area (Å²) in [7, 11) is 0. The topological polar surface area (TPSA) is 44.4 Å². The Morgan fingerprint density at radius 1 is 1.05 bits per heavy atom. The van der Waals surface area contributed by atoms with Crippen LogP contribution in [0.5, 0.6) is 0 Å². The van der Waals surface area contributed by atoms with Gasteiger partial charge in [-0.2, -0.15) is 0 Å². The lowest BCUT2D eigenvalue weighted by molar-refractivity contribution is -0.108. The van der Waals surface area contributed by atoms with Crippen molar-refractivity contribution in [2.24, 2.45) is 0 Å². The number of hydrogen-bond donors (Lipinski definition) is 2. The summed E-state index contributed by atoms with van der Waals surface area (Å²) in [4.78, 5) is 13.0. The summed E-state index contributed by atoms with van der Waals surface area (Å²) in [6.45, 7) is 1.47. The van der Waals surface area contributed by atoms with Crippen molar-refractivity contribution in [3.8, 4) is 0 Å². The lowest BCUT2D eigenvalue weighted by Crippen LogP contribution is -2.36. The molecule has 2 N–H and O–H groups in total. The van der Waals surface area contributed by atoms with E-state index in [1.54, 1.807) is 0 Å². The molecule has 0 spiro atoms. The van der Waals surface area contributed by atoms with Crippen LogP contribution in [0.15, 0.2) is 54.6 Å². The Hall–Kier alpha value is -2.33. The molecular weight excluding hydrogens is 274 g/mol. The third kappa shape index (κ3) is 3.46. The lowest BCUT2D eigenvalue weighted by atomic mass is 10.2. The number of anilines is 3. The molecule has 1 atom stereocenters. The smallest absolute Gasteiger partial charge is 0.134 e. The average molecular weight is 295 g/mol. The number of likely N-dealkylation sites (tertiary alicyclic amines) is 1. The van der Waals surface area contributed by atoms with E-state index in [1.807, 2.05) is 42.5 Å². The van der Waals surface area contributed by atoms with Crippen LogP contribution in [0, 0.1) is 0 Å². The molecule has 1 aliphatic rings. The minimum absolute atomic E-state index is 0.226. The number of aldehydes is 1. The third-order valence-electron chi connectivity index (χ3n) is 3.97. The first-order valence-electron chi connectivity index (χ1n) is 7.72. The molecule has 3 rings (SSSR count).